The van der Waals surface area contributed by atoms with Gasteiger partial charge in [-0.2, -0.15) is 0 Å². The summed E-state index contributed by atoms with van der Waals surface area (Å²) in [5.41, 5.74) is -0.836. The summed E-state index contributed by atoms with van der Waals surface area (Å²) in [5, 5.41) is 13.1. The minimum Gasteiger partial charge on any atom is -0.480 e. The average molecular weight is 269 g/mol. The van der Waals surface area contributed by atoms with Crippen LogP contribution >= 0.6 is 0 Å². The lowest BCUT2D eigenvalue weighted by Crippen LogP contribution is -2.56. The molecule has 0 radical (unpaired) electrons. The Morgan fingerprint density at radius 3 is 2.58 bits per heavy atom. The monoisotopic (exact) mass is 269 g/mol. The molecule has 4 heteroatoms. The molecule has 0 aromatic heterocycles. The first-order valence-electron chi connectivity index (χ1n) is 7.48. The third-order valence-electron chi connectivity index (χ3n) is 4.24. The fraction of sp³-hybridized carbons (Fsp3) is 0.933. The Kier molecular flexibility index (Phi) is 4.21. The Labute approximate surface area is 115 Å². The van der Waals surface area contributed by atoms with Gasteiger partial charge in [0, 0.05) is 12.6 Å². The summed E-state index contributed by atoms with van der Waals surface area (Å²) in [6, 6.07) is 0.431. The van der Waals surface area contributed by atoms with Crippen LogP contribution in [0.5, 0.6) is 0 Å². The van der Waals surface area contributed by atoms with E-state index in [2.05, 4.69) is 5.32 Å². The second kappa shape index (κ2) is 5.41. The van der Waals surface area contributed by atoms with E-state index in [1.807, 2.05) is 20.8 Å². The van der Waals surface area contributed by atoms with Gasteiger partial charge < -0.3 is 9.84 Å². The number of hydrogen-bond donors (Lipinski definition) is 2. The van der Waals surface area contributed by atoms with Crippen molar-refractivity contribution >= 4 is 5.97 Å². The summed E-state index contributed by atoms with van der Waals surface area (Å²) in [5.74, 6) is -0.467. The SMILES string of the molecule is CC(C)(C)OCCC1CCCC1(NC1CC1)C(=O)O. The van der Waals surface area contributed by atoms with Crippen LogP contribution in [0.3, 0.4) is 0 Å². The Morgan fingerprint density at radius 1 is 1.37 bits per heavy atom. The van der Waals surface area contributed by atoms with Crippen LogP contribution < -0.4 is 5.32 Å². The van der Waals surface area contributed by atoms with E-state index in [0.29, 0.717) is 12.6 Å². The minimum absolute atomic E-state index is 0.144. The summed E-state index contributed by atoms with van der Waals surface area (Å²) in [4.78, 5) is 11.8. The molecule has 2 aliphatic carbocycles. The third kappa shape index (κ3) is 3.69. The third-order valence-corrected chi connectivity index (χ3v) is 4.24. The molecule has 0 aliphatic heterocycles. The van der Waals surface area contributed by atoms with Gasteiger partial charge in [0.05, 0.1) is 5.60 Å². The quantitative estimate of drug-likeness (QED) is 0.778. The summed E-state index contributed by atoms with van der Waals surface area (Å²) in [6.45, 7) is 6.76. The van der Waals surface area contributed by atoms with Gasteiger partial charge in [-0.25, -0.2) is 0 Å². The van der Waals surface area contributed by atoms with Crippen molar-refractivity contribution in [3.63, 3.8) is 0 Å². The normalized spacial score (nSPS) is 31.6. The van der Waals surface area contributed by atoms with Crippen molar-refractivity contribution in [1.82, 2.24) is 5.32 Å². The fourth-order valence-corrected chi connectivity index (χ4v) is 3.10. The number of hydrogen-bond acceptors (Lipinski definition) is 3. The van der Waals surface area contributed by atoms with Gasteiger partial charge in [-0.05, 0) is 58.8 Å². The molecule has 0 amide bonds. The standard InChI is InChI=1S/C15H27NO3/c1-14(2,3)19-10-8-11-5-4-9-15(11,13(17)18)16-12-6-7-12/h11-12,16H,4-10H2,1-3H3,(H,17,18). The van der Waals surface area contributed by atoms with Crippen LogP contribution in [0.25, 0.3) is 0 Å². The molecular weight excluding hydrogens is 242 g/mol. The minimum atomic E-state index is -0.692. The number of carboxylic acid groups (broad SMARTS) is 1. The van der Waals surface area contributed by atoms with Gasteiger partial charge in [-0.3, -0.25) is 10.1 Å². The van der Waals surface area contributed by atoms with Crippen molar-refractivity contribution in [2.75, 3.05) is 6.61 Å². The van der Waals surface area contributed by atoms with E-state index in [1.165, 1.54) is 0 Å². The van der Waals surface area contributed by atoms with E-state index in [4.69, 9.17) is 4.74 Å². The van der Waals surface area contributed by atoms with Crippen molar-refractivity contribution in [1.29, 1.82) is 0 Å². The van der Waals surface area contributed by atoms with E-state index in [9.17, 15) is 9.90 Å². The number of aliphatic carboxylic acids is 1. The van der Waals surface area contributed by atoms with E-state index in [-0.39, 0.29) is 11.5 Å². The van der Waals surface area contributed by atoms with Crippen LogP contribution in [0.2, 0.25) is 0 Å². The van der Waals surface area contributed by atoms with Crippen molar-refractivity contribution in [3.8, 4) is 0 Å². The molecule has 0 aromatic rings. The van der Waals surface area contributed by atoms with Gasteiger partial charge in [0.1, 0.15) is 5.54 Å². The molecule has 19 heavy (non-hydrogen) atoms. The van der Waals surface area contributed by atoms with Crippen LogP contribution in [0.1, 0.15) is 59.3 Å². The molecule has 2 fully saturated rings. The van der Waals surface area contributed by atoms with Gasteiger partial charge >= 0.3 is 5.97 Å². The van der Waals surface area contributed by atoms with E-state index in [0.717, 1.165) is 38.5 Å². The molecule has 2 rings (SSSR count). The number of ether oxygens (including phenoxy) is 1. The summed E-state index contributed by atoms with van der Waals surface area (Å²) in [7, 11) is 0. The zero-order chi connectivity index (χ0) is 14.1. The van der Waals surface area contributed by atoms with E-state index < -0.39 is 11.5 Å². The van der Waals surface area contributed by atoms with Gasteiger partial charge in [0.15, 0.2) is 0 Å². The lowest BCUT2D eigenvalue weighted by atomic mass is 9.84. The van der Waals surface area contributed by atoms with Crippen molar-refractivity contribution in [2.45, 2.75) is 76.5 Å². The average Bonchev–Trinajstić information content (AvgIpc) is 2.98. The molecule has 110 valence electrons. The predicted octanol–water partition coefficient (Wildman–Crippen LogP) is 2.57. The second-order valence-electron chi connectivity index (χ2n) is 7.03. The molecule has 2 saturated carbocycles. The van der Waals surface area contributed by atoms with Crippen molar-refractivity contribution < 1.29 is 14.6 Å². The van der Waals surface area contributed by atoms with Crippen LogP contribution in [-0.4, -0.2) is 34.9 Å². The van der Waals surface area contributed by atoms with Gasteiger partial charge in [0.25, 0.3) is 0 Å². The van der Waals surface area contributed by atoms with E-state index >= 15 is 0 Å². The molecule has 0 spiro atoms. The first-order chi connectivity index (χ1) is 8.83. The maximum atomic E-state index is 11.8. The zero-order valence-corrected chi connectivity index (χ0v) is 12.4. The molecule has 0 bridgehead atoms. The number of rotatable bonds is 6. The van der Waals surface area contributed by atoms with Crippen molar-refractivity contribution in [3.05, 3.63) is 0 Å². The number of carbonyl (C=O) groups is 1. The van der Waals surface area contributed by atoms with Gasteiger partial charge in [-0.15, -0.1) is 0 Å². The maximum absolute atomic E-state index is 11.8. The van der Waals surface area contributed by atoms with Gasteiger partial charge in [0.2, 0.25) is 0 Å². The lowest BCUT2D eigenvalue weighted by molar-refractivity contribution is -0.147. The topological polar surface area (TPSA) is 58.6 Å². The molecule has 2 N–H and O–H groups in total. The predicted molar refractivity (Wildman–Crippen MR) is 74.2 cm³/mol. The molecule has 0 saturated heterocycles. The zero-order valence-electron chi connectivity index (χ0n) is 12.4. The molecule has 2 atom stereocenters. The molecule has 4 nitrogen and oxygen atoms in total. The smallest absolute Gasteiger partial charge is 0.324 e. The molecule has 0 heterocycles. The van der Waals surface area contributed by atoms with Crippen LogP contribution in [0, 0.1) is 5.92 Å². The summed E-state index contributed by atoms with van der Waals surface area (Å²) >= 11 is 0. The maximum Gasteiger partial charge on any atom is 0.324 e. The highest BCUT2D eigenvalue weighted by Gasteiger charge is 2.51. The Morgan fingerprint density at radius 2 is 2.05 bits per heavy atom. The molecular formula is C15H27NO3. The highest BCUT2D eigenvalue weighted by Crippen LogP contribution is 2.40. The van der Waals surface area contributed by atoms with Crippen LogP contribution in [0.4, 0.5) is 0 Å². The largest absolute Gasteiger partial charge is 0.480 e. The first kappa shape index (κ1) is 14.8. The fourth-order valence-electron chi connectivity index (χ4n) is 3.10. The van der Waals surface area contributed by atoms with E-state index in [1.54, 1.807) is 0 Å². The Balaban J connectivity index is 1.94. The summed E-state index contributed by atoms with van der Waals surface area (Å²) in [6.07, 6.45) is 5.86. The second-order valence-corrected chi connectivity index (χ2v) is 7.03. The number of nitrogens with one attached hydrogen (secondary N) is 1. The highest BCUT2D eigenvalue weighted by atomic mass is 16.5. The molecule has 2 aliphatic rings. The van der Waals surface area contributed by atoms with Crippen molar-refractivity contribution in [2.24, 2.45) is 5.92 Å². The van der Waals surface area contributed by atoms with Crippen LogP contribution in [0.15, 0.2) is 0 Å². The Hall–Kier alpha value is -0.610. The highest BCUT2D eigenvalue weighted by molar-refractivity contribution is 5.80. The lowest BCUT2D eigenvalue weighted by Gasteiger charge is -2.33. The summed E-state index contributed by atoms with van der Waals surface area (Å²) < 4.78 is 5.76. The first-order valence-corrected chi connectivity index (χ1v) is 7.48. The molecule has 2 unspecified atom stereocenters. The molecule has 0 aromatic carbocycles. The van der Waals surface area contributed by atoms with Crippen LogP contribution in [-0.2, 0) is 9.53 Å². The number of carboxylic acids is 1. The van der Waals surface area contributed by atoms with Gasteiger partial charge in [-0.1, -0.05) is 6.42 Å². The Bertz CT molecular complexity index is 333.